The summed E-state index contributed by atoms with van der Waals surface area (Å²) in [6.07, 6.45) is 8.41. The number of amides is 1. The van der Waals surface area contributed by atoms with Gasteiger partial charge in [0.15, 0.2) is 0 Å². The maximum atomic E-state index is 12.4. The van der Waals surface area contributed by atoms with E-state index in [0.717, 1.165) is 45.1 Å². The molecule has 0 aromatic carbocycles. The van der Waals surface area contributed by atoms with Gasteiger partial charge in [0.1, 0.15) is 6.04 Å². The lowest BCUT2D eigenvalue weighted by atomic mass is 10.2. The van der Waals surface area contributed by atoms with Crippen molar-refractivity contribution in [2.75, 3.05) is 37.6 Å². The number of nitrogens with zero attached hydrogens (tertiary/aromatic N) is 4. The van der Waals surface area contributed by atoms with E-state index in [0.29, 0.717) is 0 Å². The number of carbonyl (C=O) groups is 1. The fourth-order valence-corrected chi connectivity index (χ4v) is 2.63. The third-order valence-electron chi connectivity index (χ3n) is 3.69. The van der Waals surface area contributed by atoms with Crippen molar-refractivity contribution in [1.82, 2.24) is 20.2 Å². The van der Waals surface area contributed by atoms with Gasteiger partial charge >= 0.3 is 0 Å². The number of anilines is 1. The Morgan fingerprint density at radius 2 is 2.05 bits per heavy atom. The molecule has 2 aliphatic rings. The summed E-state index contributed by atoms with van der Waals surface area (Å²) in [5.41, 5.74) is 0. The summed E-state index contributed by atoms with van der Waals surface area (Å²) in [5, 5.41) is 3.18. The highest BCUT2D eigenvalue weighted by Gasteiger charge is 2.26. The lowest BCUT2D eigenvalue weighted by molar-refractivity contribution is -0.131. The second kappa shape index (κ2) is 6.00. The zero-order valence-electron chi connectivity index (χ0n) is 11.4. The quantitative estimate of drug-likeness (QED) is 0.771. The molecule has 1 aromatic rings. The van der Waals surface area contributed by atoms with E-state index in [4.69, 9.17) is 0 Å². The number of hydrogen-bond donors (Lipinski definition) is 1. The van der Waals surface area contributed by atoms with Gasteiger partial charge in [-0.3, -0.25) is 10.1 Å². The van der Waals surface area contributed by atoms with Gasteiger partial charge in [-0.05, 0) is 12.5 Å². The largest absolute Gasteiger partial charge is 0.339 e. The standard InChI is InChI=1S/C14H19N5O/c20-13(12-4-1-5-15-12)18-8-3-9-19(11-10-18)14-16-6-2-7-17-14/h1-2,4,6-7,12,15H,3,5,8-11H2/t12-/m0/s1. The van der Waals surface area contributed by atoms with Crippen LogP contribution < -0.4 is 10.2 Å². The molecule has 1 saturated heterocycles. The van der Waals surface area contributed by atoms with E-state index in [9.17, 15) is 4.79 Å². The van der Waals surface area contributed by atoms with E-state index in [-0.39, 0.29) is 11.9 Å². The summed E-state index contributed by atoms with van der Waals surface area (Å²) >= 11 is 0. The number of nitrogens with one attached hydrogen (secondary N) is 1. The van der Waals surface area contributed by atoms with Crippen LogP contribution in [-0.2, 0) is 4.79 Å². The summed E-state index contributed by atoms with van der Waals surface area (Å²) in [4.78, 5) is 25.0. The van der Waals surface area contributed by atoms with Gasteiger partial charge in [-0.2, -0.15) is 0 Å². The number of aromatic nitrogens is 2. The van der Waals surface area contributed by atoms with Gasteiger partial charge in [-0.15, -0.1) is 0 Å². The first-order valence-electron chi connectivity index (χ1n) is 7.05. The van der Waals surface area contributed by atoms with Crippen LogP contribution in [0.15, 0.2) is 30.6 Å². The minimum absolute atomic E-state index is 0.144. The van der Waals surface area contributed by atoms with Crippen LogP contribution in [0.5, 0.6) is 0 Å². The number of carbonyl (C=O) groups excluding carboxylic acids is 1. The van der Waals surface area contributed by atoms with Crippen LogP contribution in [0.1, 0.15) is 6.42 Å². The van der Waals surface area contributed by atoms with Crippen LogP contribution in [0.3, 0.4) is 0 Å². The second-order valence-corrected chi connectivity index (χ2v) is 5.03. The molecular weight excluding hydrogens is 254 g/mol. The lowest BCUT2D eigenvalue weighted by Crippen LogP contribution is -2.45. The van der Waals surface area contributed by atoms with Gasteiger partial charge in [0, 0.05) is 45.1 Å². The second-order valence-electron chi connectivity index (χ2n) is 5.03. The Morgan fingerprint density at radius 1 is 1.20 bits per heavy atom. The van der Waals surface area contributed by atoms with Crippen molar-refractivity contribution in [3.63, 3.8) is 0 Å². The summed E-state index contributed by atoms with van der Waals surface area (Å²) in [7, 11) is 0. The molecule has 2 aliphatic heterocycles. The fourth-order valence-electron chi connectivity index (χ4n) is 2.63. The molecule has 106 valence electrons. The van der Waals surface area contributed by atoms with E-state index < -0.39 is 0 Å². The molecule has 3 heterocycles. The zero-order chi connectivity index (χ0) is 13.8. The highest BCUT2D eigenvalue weighted by atomic mass is 16.2. The molecule has 0 bridgehead atoms. The molecule has 0 unspecified atom stereocenters. The first kappa shape index (κ1) is 13.1. The third kappa shape index (κ3) is 2.80. The normalized spacial score (nSPS) is 22.9. The molecule has 1 atom stereocenters. The van der Waals surface area contributed by atoms with Crippen LogP contribution in [-0.4, -0.2) is 59.5 Å². The number of rotatable bonds is 2. The van der Waals surface area contributed by atoms with Crippen LogP contribution in [0, 0.1) is 0 Å². The predicted molar refractivity (Wildman–Crippen MR) is 76.4 cm³/mol. The molecule has 1 amide bonds. The van der Waals surface area contributed by atoms with Gasteiger partial charge < -0.3 is 9.80 Å². The lowest BCUT2D eigenvalue weighted by Gasteiger charge is -2.24. The van der Waals surface area contributed by atoms with E-state index in [1.807, 2.05) is 23.1 Å². The molecule has 1 N–H and O–H groups in total. The Balaban J connectivity index is 1.62. The van der Waals surface area contributed by atoms with Crippen molar-refractivity contribution in [1.29, 1.82) is 0 Å². The van der Waals surface area contributed by atoms with Crippen molar-refractivity contribution in [2.45, 2.75) is 12.5 Å². The van der Waals surface area contributed by atoms with E-state index in [2.05, 4.69) is 20.2 Å². The molecule has 6 nitrogen and oxygen atoms in total. The summed E-state index contributed by atoms with van der Waals surface area (Å²) in [6, 6.07) is 1.67. The van der Waals surface area contributed by atoms with Gasteiger partial charge in [-0.25, -0.2) is 9.97 Å². The fraction of sp³-hybridized carbons (Fsp3) is 0.500. The molecule has 1 aromatic heterocycles. The molecule has 3 rings (SSSR count). The topological polar surface area (TPSA) is 61.4 Å². The van der Waals surface area contributed by atoms with Crippen molar-refractivity contribution in [3.8, 4) is 0 Å². The maximum absolute atomic E-state index is 12.4. The van der Waals surface area contributed by atoms with Crippen LogP contribution in [0.4, 0.5) is 5.95 Å². The SMILES string of the molecule is O=C([C@@H]1C=CCN1)N1CCCN(c2ncccn2)CC1. The third-order valence-corrected chi connectivity index (χ3v) is 3.69. The van der Waals surface area contributed by atoms with Crippen molar-refractivity contribution in [3.05, 3.63) is 30.6 Å². The average molecular weight is 273 g/mol. The number of hydrogen-bond acceptors (Lipinski definition) is 5. The summed E-state index contributed by atoms with van der Waals surface area (Å²) in [5.74, 6) is 0.926. The Bertz CT molecular complexity index is 490. The minimum atomic E-state index is -0.144. The van der Waals surface area contributed by atoms with Gasteiger partial charge in [0.05, 0.1) is 0 Å². The molecular formula is C14H19N5O. The highest BCUT2D eigenvalue weighted by molar-refractivity contribution is 5.84. The molecule has 6 heteroatoms. The van der Waals surface area contributed by atoms with E-state index in [1.165, 1.54) is 0 Å². The Hall–Kier alpha value is -1.95. The summed E-state index contributed by atoms with van der Waals surface area (Å²) in [6.45, 7) is 3.99. The van der Waals surface area contributed by atoms with E-state index >= 15 is 0 Å². The molecule has 20 heavy (non-hydrogen) atoms. The van der Waals surface area contributed by atoms with Gasteiger partial charge in [-0.1, -0.05) is 12.2 Å². The van der Waals surface area contributed by atoms with Crippen LogP contribution in [0.2, 0.25) is 0 Å². The molecule has 0 spiro atoms. The molecule has 0 aliphatic carbocycles. The minimum Gasteiger partial charge on any atom is -0.339 e. The average Bonchev–Trinajstić information content (AvgIpc) is 2.92. The maximum Gasteiger partial charge on any atom is 0.243 e. The summed E-state index contributed by atoms with van der Waals surface area (Å²) < 4.78 is 0. The first-order chi connectivity index (χ1) is 9.84. The highest BCUT2D eigenvalue weighted by Crippen LogP contribution is 2.11. The molecule has 0 saturated carbocycles. The van der Waals surface area contributed by atoms with Crippen molar-refractivity contribution < 1.29 is 4.79 Å². The van der Waals surface area contributed by atoms with Crippen LogP contribution in [0.25, 0.3) is 0 Å². The van der Waals surface area contributed by atoms with Gasteiger partial charge in [0.25, 0.3) is 0 Å². The Kier molecular flexibility index (Phi) is 3.92. The van der Waals surface area contributed by atoms with Gasteiger partial charge in [0.2, 0.25) is 11.9 Å². The van der Waals surface area contributed by atoms with Crippen LogP contribution >= 0.6 is 0 Å². The Labute approximate surface area is 118 Å². The monoisotopic (exact) mass is 273 g/mol. The molecule has 0 radical (unpaired) electrons. The van der Waals surface area contributed by atoms with E-state index in [1.54, 1.807) is 12.4 Å². The first-order valence-corrected chi connectivity index (χ1v) is 7.05. The zero-order valence-corrected chi connectivity index (χ0v) is 11.4. The smallest absolute Gasteiger partial charge is 0.243 e. The predicted octanol–water partition coefficient (Wildman–Crippen LogP) is 0.0433. The molecule has 1 fully saturated rings. The van der Waals surface area contributed by atoms with Crippen molar-refractivity contribution >= 4 is 11.9 Å². The van der Waals surface area contributed by atoms with Crippen molar-refractivity contribution in [2.24, 2.45) is 0 Å². The Morgan fingerprint density at radius 3 is 2.80 bits per heavy atom.